The molecule has 2 aromatic heterocycles. The first-order chi connectivity index (χ1) is 10.7. The van der Waals surface area contributed by atoms with E-state index in [1.54, 1.807) is 13.3 Å². The summed E-state index contributed by atoms with van der Waals surface area (Å²) < 4.78 is 5.39. The molecule has 0 saturated carbocycles. The van der Waals surface area contributed by atoms with Crippen LogP contribution in [0.25, 0.3) is 11.0 Å². The number of rotatable bonds is 4. The summed E-state index contributed by atoms with van der Waals surface area (Å²) in [5.74, 6) is 0.751. The van der Waals surface area contributed by atoms with Crippen molar-refractivity contribution in [3.05, 3.63) is 65.5 Å². The largest absolute Gasteiger partial charge is 0.496 e. The summed E-state index contributed by atoms with van der Waals surface area (Å²) in [6.07, 6.45) is 2.27. The molecule has 0 saturated heterocycles. The summed E-state index contributed by atoms with van der Waals surface area (Å²) in [4.78, 5) is 8.64. The highest BCUT2D eigenvalue weighted by Crippen LogP contribution is 2.24. The van der Waals surface area contributed by atoms with Gasteiger partial charge in [-0.2, -0.15) is 0 Å². The number of hydrogen-bond acceptors (Lipinski definition) is 4. The number of para-hydroxylation sites is 1. The van der Waals surface area contributed by atoms with Crippen LogP contribution in [0.3, 0.4) is 0 Å². The Balaban J connectivity index is 2.12. The Kier molecular flexibility index (Phi) is 3.70. The molecule has 0 aliphatic carbocycles. The van der Waals surface area contributed by atoms with Crippen LogP contribution >= 0.6 is 0 Å². The van der Waals surface area contributed by atoms with Gasteiger partial charge in [0.05, 0.1) is 7.11 Å². The highest BCUT2D eigenvalue weighted by molar-refractivity contribution is 5.96. The van der Waals surface area contributed by atoms with Gasteiger partial charge < -0.3 is 10.5 Å². The van der Waals surface area contributed by atoms with Crippen molar-refractivity contribution < 1.29 is 4.74 Å². The van der Waals surface area contributed by atoms with Crippen LogP contribution in [0.5, 0.6) is 5.75 Å². The van der Waals surface area contributed by atoms with Crippen LogP contribution in [0.2, 0.25) is 0 Å². The first-order valence-electron chi connectivity index (χ1n) is 6.90. The molecule has 5 heteroatoms. The Bertz CT molecular complexity index is 845. The van der Waals surface area contributed by atoms with E-state index in [4.69, 9.17) is 15.9 Å². The highest BCUT2D eigenvalue weighted by atomic mass is 16.5. The molecular formula is C17H16N4O. The quantitative estimate of drug-likeness (QED) is 0.571. The number of methoxy groups -OCH3 is 1. The molecule has 22 heavy (non-hydrogen) atoms. The van der Waals surface area contributed by atoms with Crippen molar-refractivity contribution in [2.45, 2.75) is 6.42 Å². The molecule has 3 rings (SSSR count). The van der Waals surface area contributed by atoms with E-state index in [0.29, 0.717) is 17.8 Å². The lowest BCUT2D eigenvalue weighted by Crippen LogP contribution is -2.16. The summed E-state index contributed by atoms with van der Waals surface area (Å²) in [5.41, 5.74) is 8.67. The maximum absolute atomic E-state index is 7.77. The Morgan fingerprint density at radius 3 is 2.77 bits per heavy atom. The van der Waals surface area contributed by atoms with Crippen LogP contribution in [0.15, 0.2) is 48.7 Å². The van der Waals surface area contributed by atoms with Crippen molar-refractivity contribution in [2.75, 3.05) is 7.11 Å². The number of nitrogen functional groups attached to an aromatic ring is 1. The lowest BCUT2D eigenvalue weighted by atomic mass is 10.0. The van der Waals surface area contributed by atoms with E-state index in [1.807, 2.05) is 42.5 Å². The van der Waals surface area contributed by atoms with Crippen LogP contribution in [0.4, 0.5) is 0 Å². The molecule has 0 spiro atoms. The number of aromatic nitrogens is 2. The molecule has 1 aromatic carbocycles. The molecule has 0 aliphatic heterocycles. The maximum Gasteiger partial charge on any atom is 0.159 e. The van der Waals surface area contributed by atoms with Crippen molar-refractivity contribution >= 4 is 16.9 Å². The van der Waals surface area contributed by atoms with E-state index in [1.165, 1.54) is 0 Å². The summed E-state index contributed by atoms with van der Waals surface area (Å²) in [5, 5.41) is 8.70. The average molecular weight is 292 g/mol. The number of ether oxygens (including phenoxy) is 1. The number of nitrogens with zero attached hydrogens (tertiary/aromatic N) is 2. The molecule has 110 valence electrons. The zero-order valence-corrected chi connectivity index (χ0v) is 12.2. The number of amidine groups is 1. The van der Waals surface area contributed by atoms with Crippen molar-refractivity contribution in [2.24, 2.45) is 5.73 Å². The zero-order chi connectivity index (χ0) is 15.5. The first-order valence-corrected chi connectivity index (χ1v) is 6.90. The number of nitrogens with one attached hydrogen (secondary N) is 1. The van der Waals surface area contributed by atoms with Crippen molar-refractivity contribution in [1.82, 2.24) is 9.97 Å². The minimum Gasteiger partial charge on any atom is -0.496 e. The monoisotopic (exact) mass is 292 g/mol. The van der Waals surface area contributed by atoms with Gasteiger partial charge >= 0.3 is 0 Å². The number of pyridine rings is 2. The van der Waals surface area contributed by atoms with E-state index >= 15 is 0 Å². The van der Waals surface area contributed by atoms with E-state index in [0.717, 1.165) is 22.3 Å². The van der Waals surface area contributed by atoms with E-state index in [9.17, 15) is 0 Å². The topological polar surface area (TPSA) is 84.9 Å². The van der Waals surface area contributed by atoms with Gasteiger partial charge in [0.1, 0.15) is 17.3 Å². The predicted octanol–water partition coefficient (Wildman–Crippen LogP) is 2.51. The smallest absolute Gasteiger partial charge is 0.159 e. The summed E-state index contributed by atoms with van der Waals surface area (Å²) in [6, 6.07) is 13.6. The van der Waals surface area contributed by atoms with Gasteiger partial charge in [-0.15, -0.1) is 0 Å². The summed E-state index contributed by atoms with van der Waals surface area (Å²) in [7, 11) is 1.65. The normalized spacial score (nSPS) is 10.6. The van der Waals surface area contributed by atoms with Crippen LogP contribution < -0.4 is 10.5 Å². The van der Waals surface area contributed by atoms with E-state index in [-0.39, 0.29) is 5.84 Å². The number of nitrogens with two attached hydrogens (primary N) is 1. The van der Waals surface area contributed by atoms with Gasteiger partial charge in [0, 0.05) is 18.0 Å². The molecule has 0 unspecified atom stereocenters. The average Bonchev–Trinajstić information content (AvgIpc) is 2.54. The Morgan fingerprint density at radius 1 is 1.18 bits per heavy atom. The van der Waals surface area contributed by atoms with Crippen molar-refractivity contribution in [1.29, 1.82) is 5.41 Å². The third-order valence-electron chi connectivity index (χ3n) is 3.50. The zero-order valence-electron chi connectivity index (χ0n) is 12.2. The maximum atomic E-state index is 7.77. The van der Waals surface area contributed by atoms with Crippen LogP contribution in [-0.4, -0.2) is 22.9 Å². The lowest BCUT2D eigenvalue weighted by molar-refractivity contribution is 0.410. The van der Waals surface area contributed by atoms with Gasteiger partial charge in [0.25, 0.3) is 0 Å². The van der Waals surface area contributed by atoms with Crippen LogP contribution in [0.1, 0.15) is 16.8 Å². The molecule has 3 aromatic rings. The van der Waals surface area contributed by atoms with Crippen LogP contribution in [0, 0.1) is 5.41 Å². The standard InChI is InChI=1S/C17H16N4O/c1-22-14-7-3-2-5-11(14)9-13-10-12-6-4-8-20-17(12)21-15(13)16(18)19/h2-8,10H,9H2,1H3,(H3,18,19). The number of benzene rings is 1. The lowest BCUT2D eigenvalue weighted by Gasteiger charge is -2.12. The van der Waals surface area contributed by atoms with Gasteiger partial charge in [0.15, 0.2) is 5.65 Å². The van der Waals surface area contributed by atoms with Gasteiger partial charge in [-0.25, -0.2) is 9.97 Å². The molecule has 0 bridgehead atoms. The second-order valence-electron chi connectivity index (χ2n) is 4.95. The van der Waals surface area contributed by atoms with E-state index < -0.39 is 0 Å². The molecule has 0 radical (unpaired) electrons. The summed E-state index contributed by atoms with van der Waals surface area (Å²) in [6.45, 7) is 0. The Labute approximate surface area is 128 Å². The number of fused-ring (bicyclic) bond motifs is 1. The Hall–Kier alpha value is -2.95. The van der Waals surface area contributed by atoms with Crippen molar-refractivity contribution in [3.8, 4) is 5.75 Å². The fraction of sp³-hybridized carbons (Fsp3) is 0.118. The summed E-state index contributed by atoms with van der Waals surface area (Å²) >= 11 is 0. The predicted molar refractivity (Wildman–Crippen MR) is 86.4 cm³/mol. The molecule has 0 fully saturated rings. The van der Waals surface area contributed by atoms with Gasteiger partial charge in [0.2, 0.25) is 0 Å². The molecule has 0 amide bonds. The molecule has 5 nitrogen and oxygen atoms in total. The molecule has 0 aliphatic rings. The number of hydrogen-bond donors (Lipinski definition) is 2. The molecule has 0 atom stereocenters. The third kappa shape index (κ3) is 2.61. The highest BCUT2D eigenvalue weighted by Gasteiger charge is 2.12. The minimum atomic E-state index is -0.0579. The SMILES string of the molecule is COc1ccccc1Cc1cc2cccnc2nc1C(=N)N. The fourth-order valence-electron chi connectivity index (χ4n) is 2.47. The first kappa shape index (κ1) is 14.0. The molecule has 2 heterocycles. The van der Waals surface area contributed by atoms with E-state index in [2.05, 4.69) is 9.97 Å². The second-order valence-corrected chi connectivity index (χ2v) is 4.95. The fourth-order valence-corrected chi connectivity index (χ4v) is 2.47. The minimum absolute atomic E-state index is 0.0579. The molecule has 3 N–H and O–H groups in total. The van der Waals surface area contributed by atoms with Gasteiger partial charge in [-0.05, 0) is 35.4 Å². The second kappa shape index (κ2) is 5.81. The third-order valence-corrected chi connectivity index (χ3v) is 3.50. The van der Waals surface area contributed by atoms with Crippen LogP contribution in [-0.2, 0) is 6.42 Å². The Morgan fingerprint density at radius 2 is 2.00 bits per heavy atom. The van der Waals surface area contributed by atoms with Gasteiger partial charge in [-0.3, -0.25) is 5.41 Å². The molecular weight excluding hydrogens is 276 g/mol. The van der Waals surface area contributed by atoms with Crippen molar-refractivity contribution in [3.63, 3.8) is 0 Å². The van der Waals surface area contributed by atoms with Gasteiger partial charge in [-0.1, -0.05) is 18.2 Å².